The molecule has 0 spiro atoms. The van der Waals surface area contributed by atoms with E-state index in [2.05, 4.69) is 126 Å². The van der Waals surface area contributed by atoms with Crippen LogP contribution in [0.3, 0.4) is 0 Å². The predicted octanol–water partition coefficient (Wildman–Crippen LogP) is 10.6. The standard InChI is InChI=1S/C36H49.Sn/c1-21(2)29-17-31(23(5)6)35(32(18-29)24(7)8)27-14-13-15-28(16-27)36-33(25(9)10)19-30(22(3)4)20-34(36)26(11)12;/h13-15,17-26H,1-12H3;/q;-1. The molecule has 1 heteroatoms. The van der Waals surface area contributed by atoms with Gasteiger partial charge in [0.05, 0.1) is 0 Å². The van der Waals surface area contributed by atoms with Gasteiger partial charge in [0.15, 0.2) is 0 Å². The quantitative estimate of drug-likeness (QED) is 0.226. The van der Waals surface area contributed by atoms with E-state index < -0.39 is 0 Å². The zero-order chi connectivity index (χ0) is 27.8. The molecule has 0 aliphatic carbocycles. The van der Waals surface area contributed by atoms with Crippen LogP contribution in [0, 0.1) is 0 Å². The van der Waals surface area contributed by atoms with Gasteiger partial charge in [0.25, 0.3) is 0 Å². The minimum absolute atomic E-state index is 0.479. The molecular formula is C36H49Sn-. The van der Waals surface area contributed by atoms with Crippen molar-refractivity contribution < 1.29 is 0 Å². The van der Waals surface area contributed by atoms with Crippen LogP contribution in [0.25, 0.3) is 22.3 Å². The Bertz CT molecular complexity index is 1090. The summed E-state index contributed by atoms with van der Waals surface area (Å²) in [6.07, 6.45) is 0. The zero-order valence-corrected chi connectivity index (χ0v) is 28.4. The fourth-order valence-corrected chi connectivity index (χ4v) is 6.69. The number of hydrogen-bond donors (Lipinski definition) is 0. The minimum atomic E-state index is 0.479. The predicted molar refractivity (Wildman–Crippen MR) is 167 cm³/mol. The number of rotatable bonds is 8. The van der Waals surface area contributed by atoms with E-state index in [9.17, 15) is 0 Å². The Morgan fingerprint density at radius 1 is 0.432 bits per heavy atom. The van der Waals surface area contributed by atoms with E-state index in [1.54, 1.807) is 0 Å². The van der Waals surface area contributed by atoms with Gasteiger partial charge in [0.2, 0.25) is 0 Å². The van der Waals surface area contributed by atoms with Gasteiger partial charge in [-0.2, -0.15) is 0 Å². The Balaban J connectivity index is 2.44. The second-order valence-corrected chi connectivity index (χ2v) is 14.2. The molecule has 0 aromatic heterocycles. The number of hydrogen-bond acceptors (Lipinski definition) is 0. The van der Waals surface area contributed by atoms with Gasteiger partial charge in [0, 0.05) is 0 Å². The average Bonchev–Trinajstić information content (AvgIpc) is 2.82. The van der Waals surface area contributed by atoms with Gasteiger partial charge in [-0.25, -0.2) is 0 Å². The molecule has 0 nitrogen and oxygen atoms in total. The van der Waals surface area contributed by atoms with Gasteiger partial charge in [0.1, 0.15) is 0 Å². The first-order chi connectivity index (χ1) is 17.3. The van der Waals surface area contributed by atoms with Crippen LogP contribution in [-0.4, -0.2) is 22.5 Å². The summed E-state index contributed by atoms with van der Waals surface area (Å²) in [4.78, 5) is 0. The molecule has 0 saturated carbocycles. The first-order valence-electron chi connectivity index (χ1n) is 14.5. The first kappa shape index (κ1) is 30.0. The van der Waals surface area contributed by atoms with Crippen LogP contribution >= 0.6 is 0 Å². The second-order valence-electron chi connectivity index (χ2n) is 12.8. The van der Waals surface area contributed by atoms with Crippen LogP contribution in [0.15, 0.2) is 42.5 Å². The van der Waals surface area contributed by atoms with Crippen molar-refractivity contribution in [2.75, 3.05) is 0 Å². The molecule has 0 aliphatic rings. The van der Waals surface area contributed by atoms with Gasteiger partial charge < -0.3 is 0 Å². The SMILES string of the molecule is CC(C)c1cc(C(C)C)c(-c2cccc(-c3c(C(C)C)cc(C(C)C)cc3C(C)C)[c]2[Sn-])c(C(C)C)c1. The Morgan fingerprint density at radius 3 is 0.919 bits per heavy atom. The third kappa shape index (κ3) is 6.21. The summed E-state index contributed by atoms with van der Waals surface area (Å²) in [6, 6.07) is 17.1. The molecule has 2 radical (unpaired) electrons. The van der Waals surface area contributed by atoms with Gasteiger partial charge in [-0.1, -0.05) is 0 Å². The molecule has 0 atom stereocenters. The molecule has 0 N–H and O–H groups in total. The van der Waals surface area contributed by atoms with Crippen molar-refractivity contribution in [2.45, 2.75) is 119 Å². The summed E-state index contributed by atoms with van der Waals surface area (Å²) in [5.74, 6) is 2.98. The van der Waals surface area contributed by atoms with Crippen molar-refractivity contribution in [3.8, 4) is 22.3 Å². The van der Waals surface area contributed by atoms with E-state index in [4.69, 9.17) is 0 Å². The van der Waals surface area contributed by atoms with Crippen molar-refractivity contribution in [2.24, 2.45) is 0 Å². The Morgan fingerprint density at radius 2 is 0.703 bits per heavy atom. The normalized spacial score (nSPS) is 12.3. The van der Waals surface area contributed by atoms with E-state index in [-0.39, 0.29) is 0 Å². The van der Waals surface area contributed by atoms with E-state index in [1.165, 1.54) is 81.7 Å². The molecule has 0 aliphatic heterocycles. The maximum atomic E-state index is 2.50. The summed E-state index contributed by atoms with van der Waals surface area (Å²) >= 11 is 1.49. The Labute approximate surface area is 241 Å². The molecule has 0 unspecified atom stereocenters. The van der Waals surface area contributed by atoms with E-state index >= 15 is 0 Å². The molecule has 0 amide bonds. The molecule has 0 fully saturated rings. The maximum absolute atomic E-state index is 2.50. The molecular weight excluding hydrogens is 551 g/mol. The van der Waals surface area contributed by atoms with Gasteiger partial charge in [-0.3, -0.25) is 0 Å². The van der Waals surface area contributed by atoms with Crippen LogP contribution in [0.2, 0.25) is 0 Å². The van der Waals surface area contributed by atoms with Crippen molar-refractivity contribution in [3.63, 3.8) is 0 Å². The topological polar surface area (TPSA) is 0 Å². The van der Waals surface area contributed by atoms with Crippen LogP contribution in [-0.2, 0) is 0 Å². The summed E-state index contributed by atoms with van der Waals surface area (Å²) in [5.41, 5.74) is 14.8. The molecule has 0 bridgehead atoms. The van der Waals surface area contributed by atoms with Crippen LogP contribution in [0.1, 0.15) is 152 Å². The average molecular weight is 600 g/mol. The molecule has 3 aromatic carbocycles. The van der Waals surface area contributed by atoms with Crippen molar-refractivity contribution >= 4 is 26.1 Å². The monoisotopic (exact) mass is 601 g/mol. The van der Waals surface area contributed by atoms with E-state index in [0.29, 0.717) is 35.5 Å². The van der Waals surface area contributed by atoms with Crippen molar-refractivity contribution in [1.29, 1.82) is 0 Å². The first-order valence-corrected chi connectivity index (χ1v) is 15.9. The van der Waals surface area contributed by atoms with Gasteiger partial charge in [-0.15, -0.1) is 0 Å². The molecule has 37 heavy (non-hydrogen) atoms. The van der Waals surface area contributed by atoms with Gasteiger partial charge >= 0.3 is 243 Å². The summed E-state index contributed by atoms with van der Waals surface area (Å²) in [6.45, 7) is 28.2. The Kier molecular flexibility index (Phi) is 9.81. The van der Waals surface area contributed by atoms with Crippen LogP contribution in [0.4, 0.5) is 0 Å². The Hall–Kier alpha value is -1.54. The van der Waals surface area contributed by atoms with Crippen LogP contribution in [0.5, 0.6) is 0 Å². The van der Waals surface area contributed by atoms with Gasteiger partial charge in [-0.05, 0) is 0 Å². The van der Waals surface area contributed by atoms with E-state index in [0.717, 1.165) is 0 Å². The number of benzene rings is 3. The summed E-state index contributed by atoms with van der Waals surface area (Å²) in [5, 5.41) is 0. The summed E-state index contributed by atoms with van der Waals surface area (Å²) in [7, 11) is 0. The molecule has 0 saturated heterocycles. The molecule has 0 heterocycles. The fourth-order valence-electron chi connectivity index (χ4n) is 5.50. The van der Waals surface area contributed by atoms with E-state index in [1.807, 2.05) is 0 Å². The van der Waals surface area contributed by atoms with Crippen molar-refractivity contribution in [3.05, 3.63) is 75.8 Å². The summed E-state index contributed by atoms with van der Waals surface area (Å²) < 4.78 is 1.50. The second kappa shape index (κ2) is 12.1. The third-order valence-electron chi connectivity index (χ3n) is 7.87. The van der Waals surface area contributed by atoms with Crippen molar-refractivity contribution in [1.82, 2.24) is 0 Å². The molecule has 3 rings (SSSR count). The zero-order valence-electron chi connectivity index (χ0n) is 25.5. The third-order valence-corrected chi connectivity index (χ3v) is 9.41. The fraction of sp³-hybridized carbons (Fsp3) is 0.500. The molecule has 3 aromatic rings. The molecule has 198 valence electrons. The van der Waals surface area contributed by atoms with Crippen LogP contribution < -0.4 is 3.58 Å².